The molecule has 0 nitrogen and oxygen atoms in total. The first-order valence-corrected chi connectivity index (χ1v) is 8.70. The number of hydrogen-bond acceptors (Lipinski definition) is 0. The first-order chi connectivity index (χ1) is 8.70. The van der Waals surface area contributed by atoms with E-state index in [0.717, 1.165) is 11.8 Å². The van der Waals surface area contributed by atoms with Crippen LogP contribution in [0.5, 0.6) is 0 Å². The molecule has 0 heteroatoms. The highest BCUT2D eigenvalue weighted by molar-refractivity contribution is 4.61. The van der Waals surface area contributed by atoms with E-state index < -0.39 is 0 Å². The molecule has 0 aliphatic rings. The number of unbranched alkanes of at least 4 members (excludes halogenated alkanes) is 5. The number of rotatable bonds is 13. The molecule has 1 unspecified atom stereocenters. The van der Waals surface area contributed by atoms with E-state index >= 15 is 0 Å². The normalized spacial score (nSPS) is 13.2. The lowest BCUT2D eigenvalue weighted by Gasteiger charge is -2.16. The van der Waals surface area contributed by atoms with Crippen LogP contribution in [0.15, 0.2) is 0 Å². The number of hydrogen-bond donors (Lipinski definition) is 0. The minimum absolute atomic E-state index is 0.894. The predicted molar refractivity (Wildman–Crippen MR) is 85.1 cm³/mol. The third kappa shape index (κ3) is 12.5. The van der Waals surface area contributed by atoms with Crippen LogP contribution >= 0.6 is 0 Å². The molecule has 18 heavy (non-hydrogen) atoms. The second-order valence-corrected chi connectivity index (χ2v) is 6.54. The van der Waals surface area contributed by atoms with Crippen molar-refractivity contribution in [3.8, 4) is 0 Å². The van der Waals surface area contributed by atoms with Gasteiger partial charge in [-0.25, -0.2) is 0 Å². The highest BCUT2D eigenvalue weighted by atomic mass is 14.1. The Hall–Kier alpha value is 0. The first kappa shape index (κ1) is 18.0. The maximum Gasteiger partial charge on any atom is -0.0414 e. The maximum absolute atomic E-state index is 2.34. The zero-order chi connectivity index (χ0) is 13.6. The van der Waals surface area contributed by atoms with Crippen LogP contribution < -0.4 is 0 Å². The van der Waals surface area contributed by atoms with Crippen LogP contribution in [0.2, 0.25) is 0 Å². The average Bonchev–Trinajstić information content (AvgIpc) is 2.34. The summed E-state index contributed by atoms with van der Waals surface area (Å²) >= 11 is 0. The highest BCUT2D eigenvalue weighted by Crippen LogP contribution is 2.23. The smallest absolute Gasteiger partial charge is 0.0414 e. The van der Waals surface area contributed by atoms with E-state index in [4.69, 9.17) is 0 Å². The highest BCUT2D eigenvalue weighted by Gasteiger charge is 2.07. The molecule has 0 fully saturated rings. The van der Waals surface area contributed by atoms with Gasteiger partial charge in [0.05, 0.1) is 0 Å². The third-order valence-corrected chi connectivity index (χ3v) is 4.08. The van der Waals surface area contributed by atoms with E-state index in [0.29, 0.717) is 0 Å². The quantitative estimate of drug-likeness (QED) is 0.311. The lowest BCUT2D eigenvalue weighted by atomic mass is 9.90. The Balaban J connectivity index is 3.58. The van der Waals surface area contributed by atoms with Gasteiger partial charge in [-0.2, -0.15) is 0 Å². The summed E-state index contributed by atoms with van der Waals surface area (Å²) in [5, 5.41) is 0. The average molecular weight is 255 g/mol. The molecule has 0 aromatic carbocycles. The van der Waals surface area contributed by atoms with Gasteiger partial charge in [0.15, 0.2) is 0 Å². The standard InChI is InChI=1S/C18H38/c1-5-7-10-15-18(14-8-6-2)16-12-9-11-13-17(3)4/h17-18H,5-16H2,1-4H3. The Morgan fingerprint density at radius 3 is 1.61 bits per heavy atom. The molecule has 0 aromatic rings. The molecule has 0 rings (SSSR count). The van der Waals surface area contributed by atoms with Crippen molar-refractivity contribution in [2.45, 2.75) is 105 Å². The van der Waals surface area contributed by atoms with E-state index in [9.17, 15) is 0 Å². The van der Waals surface area contributed by atoms with Gasteiger partial charge in [-0.3, -0.25) is 0 Å². The van der Waals surface area contributed by atoms with Gasteiger partial charge in [-0.05, 0) is 11.8 Å². The van der Waals surface area contributed by atoms with Gasteiger partial charge < -0.3 is 0 Å². The first-order valence-electron chi connectivity index (χ1n) is 8.70. The van der Waals surface area contributed by atoms with Crippen LogP contribution in [0.3, 0.4) is 0 Å². The topological polar surface area (TPSA) is 0 Å². The van der Waals surface area contributed by atoms with Gasteiger partial charge in [0, 0.05) is 0 Å². The fourth-order valence-electron chi connectivity index (χ4n) is 2.77. The van der Waals surface area contributed by atoms with E-state index in [2.05, 4.69) is 27.7 Å². The minimum Gasteiger partial charge on any atom is -0.0654 e. The van der Waals surface area contributed by atoms with E-state index in [-0.39, 0.29) is 0 Å². The van der Waals surface area contributed by atoms with Crippen molar-refractivity contribution in [1.82, 2.24) is 0 Å². The molecular formula is C18H38. The molecule has 0 saturated carbocycles. The summed E-state index contributed by atoms with van der Waals surface area (Å²) in [6, 6.07) is 0. The molecule has 0 bridgehead atoms. The largest absolute Gasteiger partial charge is 0.0654 e. The summed E-state index contributed by atoms with van der Waals surface area (Å²) in [5.74, 6) is 1.93. The van der Waals surface area contributed by atoms with Crippen molar-refractivity contribution in [2.75, 3.05) is 0 Å². The van der Waals surface area contributed by atoms with Gasteiger partial charge in [0.25, 0.3) is 0 Å². The van der Waals surface area contributed by atoms with Crippen LogP contribution in [-0.4, -0.2) is 0 Å². The van der Waals surface area contributed by atoms with Gasteiger partial charge in [-0.15, -0.1) is 0 Å². The summed E-state index contributed by atoms with van der Waals surface area (Å²) in [5.41, 5.74) is 0. The molecule has 0 spiro atoms. The molecular weight excluding hydrogens is 216 g/mol. The Kier molecular flexibility index (Phi) is 13.4. The molecule has 1 atom stereocenters. The maximum atomic E-state index is 2.34. The molecule has 110 valence electrons. The van der Waals surface area contributed by atoms with Gasteiger partial charge in [0.1, 0.15) is 0 Å². The summed E-state index contributed by atoms with van der Waals surface area (Å²) in [6.45, 7) is 9.32. The van der Waals surface area contributed by atoms with Crippen LogP contribution in [-0.2, 0) is 0 Å². The van der Waals surface area contributed by atoms with Gasteiger partial charge >= 0.3 is 0 Å². The van der Waals surface area contributed by atoms with Crippen molar-refractivity contribution < 1.29 is 0 Å². The van der Waals surface area contributed by atoms with Crippen molar-refractivity contribution in [2.24, 2.45) is 11.8 Å². The Morgan fingerprint density at radius 1 is 0.556 bits per heavy atom. The second-order valence-electron chi connectivity index (χ2n) is 6.54. The molecule has 0 saturated heterocycles. The fraction of sp³-hybridized carbons (Fsp3) is 1.00. The lowest BCUT2D eigenvalue weighted by Crippen LogP contribution is -2.01. The molecule has 0 amide bonds. The third-order valence-electron chi connectivity index (χ3n) is 4.08. The monoisotopic (exact) mass is 254 g/mol. The minimum atomic E-state index is 0.894. The molecule has 0 aliphatic heterocycles. The Labute approximate surface area is 117 Å². The molecule has 0 aliphatic carbocycles. The summed E-state index contributed by atoms with van der Waals surface area (Å²) < 4.78 is 0. The molecule has 0 heterocycles. The van der Waals surface area contributed by atoms with Crippen LogP contribution in [0.25, 0.3) is 0 Å². The summed E-state index contributed by atoms with van der Waals surface area (Å²) in [4.78, 5) is 0. The van der Waals surface area contributed by atoms with Crippen molar-refractivity contribution in [3.63, 3.8) is 0 Å². The Bertz CT molecular complexity index is 148. The zero-order valence-corrected chi connectivity index (χ0v) is 13.6. The van der Waals surface area contributed by atoms with E-state index in [1.165, 1.54) is 77.0 Å². The van der Waals surface area contributed by atoms with Crippen LogP contribution in [0.4, 0.5) is 0 Å². The van der Waals surface area contributed by atoms with Crippen molar-refractivity contribution in [3.05, 3.63) is 0 Å². The molecule has 0 aromatic heterocycles. The zero-order valence-electron chi connectivity index (χ0n) is 13.6. The molecule has 0 radical (unpaired) electrons. The summed E-state index contributed by atoms with van der Waals surface area (Å²) in [6.07, 6.45) is 17.4. The Morgan fingerprint density at radius 2 is 1.06 bits per heavy atom. The summed E-state index contributed by atoms with van der Waals surface area (Å²) in [7, 11) is 0. The predicted octanol–water partition coefficient (Wildman–Crippen LogP) is 6.98. The van der Waals surface area contributed by atoms with E-state index in [1.54, 1.807) is 0 Å². The van der Waals surface area contributed by atoms with E-state index in [1.807, 2.05) is 0 Å². The van der Waals surface area contributed by atoms with Crippen LogP contribution in [0, 0.1) is 11.8 Å². The van der Waals surface area contributed by atoms with Gasteiger partial charge in [0.2, 0.25) is 0 Å². The second kappa shape index (κ2) is 13.4. The van der Waals surface area contributed by atoms with Crippen molar-refractivity contribution in [1.29, 1.82) is 0 Å². The van der Waals surface area contributed by atoms with Crippen molar-refractivity contribution >= 4 is 0 Å². The lowest BCUT2D eigenvalue weighted by molar-refractivity contribution is 0.371. The van der Waals surface area contributed by atoms with Gasteiger partial charge in [-0.1, -0.05) is 105 Å². The fourth-order valence-corrected chi connectivity index (χ4v) is 2.77. The molecule has 0 N–H and O–H groups in total. The SMILES string of the molecule is CCCCCC(CCCC)CCCCCC(C)C. The van der Waals surface area contributed by atoms with Crippen LogP contribution in [0.1, 0.15) is 105 Å².